The molecule has 100 valence electrons. The van der Waals surface area contributed by atoms with Gasteiger partial charge in [-0.15, -0.1) is 0 Å². The van der Waals surface area contributed by atoms with Crippen LogP contribution >= 0.6 is 0 Å². The summed E-state index contributed by atoms with van der Waals surface area (Å²) in [6.45, 7) is 2.01. The molecule has 2 heterocycles. The average molecular weight is 258 g/mol. The molecule has 0 aliphatic carbocycles. The van der Waals surface area contributed by atoms with Crippen LogP contribution in [0.5, 0.6) is 0 Å². The van der Waals surface area contributed by atoms with Gasteiger partial charge in [-0.3, -0.25) is 14.5 Å². The van der Waals surface area contributed by atoms with Crippen LogP contribution in [0.1, 0.15) is 23.2 Å². The molecule has 2 fully saturated rings. The zero-order valence-corrected chi connectivity index (χ0v) is 10.8. The third kappa shape index (κ3) is 2.40. The molecule has 0 aromatic heterocycles. The Morgan fingerprint density at radius 3 is 2.89 bits per heavy atom. The summed E-state index contributed by atoms with van der Waals surface area (Å²) in [7, 11) is 0. The number of likely N-dealkylation sites (tertiary alicyclic amines) is 1. The van der Waals surface area contributed by atoms with Crippen LogP contribution in [0.4, 0.5) is 0 Å². The van der Waals surface area contributed by atoms with E-state index in [1.54, 1.807) is 0 Å². The molecule has 0 radical (unpaired) electrons. The Morgan fingerprint density at radius 1 is 1.32 bits per heavy atom. The molecule has 1 aromatic rings. The standard InChI is InChI=1S/C15H18N2O2/c18-14(11-5-2-1-3-6-11)10-17-8-4-7-12-13(17)9-16-15(12)19/h1-3,5-6,12-13H,4,7-10H2,(H,16,19). The van der Waals surface area contributed by atoms with Crippen LogP contribution in [-0.4, -0.2) is 42.3 Å². The largest absolute Gasteiger partial charge is 0.354 e. The number of benzene rings is 1. The van der Waals surface area contributed by atoms with Gasteiger partial charge in [0, 0.05) is 18.2 Å². The summed E-state index contributed by atoms with van der Waals surface area (Å²) < 4.78 is 0. The molecular formula is C15H18N2O2. The van der Waals surface area contributed by atoms with Gasteiger partial charge in [0.15, 0.2) is 5.78 Å². The zero-order chi connectivity index (χ0) is 13.2. The number of hydrogen-bond acceptors (Lipinski definition) is 3. The minimum absolute atomic E-state index is 0.0809. The van der Waals surface area contributed by atoms with Crippen LogP contribution < -0.4 is 5.32 Å². The number of hydrogen-bond donors (Lipinski definition) is 1. The third-order valence-electron chi connectivity index (χ3n) is 4.16. The monoisotopic (exact) mass is 258 g/mol. The molecule has 3 rings (SSSR count). The molecule has 1 amide bonds. The van der Waals surface area contributed by atoms with Crippen molar-refractivity contribution >= 4 is 11.7 Å². The second-order valence-electron chi connectivity index (χ2n) is 5.32. The predicted molar refractivity (Wildman–Crippen MR) is 71.9 cm³/mol. The number of nitrogens with one attached hydrogen (secondary N) is 1. The van der Waals surface area contributed by atoms with Crippen LogP contribution in [0.25, 0.3) is 0 Å². The molecule has 2 unspecified atom stereocenters. The highest BCUT2D eigenvalue weighted by atomic mass is 16.2. The summed E-state index contributed by atoms with van der Waals surface area (Å²) in [5.74, 6) is 0.375. The Labute approximate surface area is 112 Å². The van der Waals surface area contributed by atoms with Crippen molar-refractivity contribution in [3.05, 3.63) is 35.9 Å². The van der Waals surface area contributed by atoms with E-state index in [-0.39, 0.29) is 23.7 Å². The second kappa shape index (κ2) is 5.13. The van der Waals surface area contributed by atoms with Crippen molar-refractivity contribution in [2.75, 3.05) is 19.6 Å². The average Bonchev–Trinajstić information content (AvgIpc) is 2.83. The van der Waals surface area contributed by atoms with Gasteiger partial charge >= 0.3 is 0 Å². The van der Waals surface area contributed by atoms with Crippen molar-refractivity contribution in [1.82, 2.24) is 10.2 Å². The SMILES string of the molecule is O=C(CN1CCCC2C(=O)NCC21)c1ccccc1. The van der Waals surface area contributed by atoms with Crippen molar-refractivity contribution in [2.24, 2.45) is 5.92 Å². The maximum absolute atomic E-state index is 12.2. The van der Waals surface area contributed by atoms with E-state index < -0.39 is 0 Å². The molecule has 1 aromatic carbocycles. The van der Waals surface area contributed by atoms with Crippen LogP contribution in [0.2, 0.25) is 0 Å². The van der Waals surface area contributed by atoms with Gasteiger partial charge in [-0.05, 0) is 19.4 Å². The Balaban J connectivity index is 1.69. The van der Waals surface area contributed by atoms with Gasteiger partial charge in [0.05, 0.1) is 12.5 Å². The lowest BCUT2D eigenvalue weighted by Crippen LogP contribution is -2.47. The van der Waals surface area contributed by atoms with Crippen molar-refractivity contribution < 1.29 is 9.59 Å². The van der Waals surface area contributed by atoms with Gasteiger partial charge in [-0.2, -0.15) is 0 Å². The lowest BCUT2D eigenvalue weighted by atomic mass is 9.91. The van der Waals surface area contributed by atoms with Crippen molar-refractivity contribution in [3.8, 4) is 0 Å². The van der Waals surface area contributed by atoms with Gasteiger partial charge in [0.2, 0.25) is 5.91 Å². The maximum atomic E-state index is 12.2. The Kier molecular flexibility index (Phi) is 3.34. The maximum Gasteiger partial charge on any atom is 0.224 e. The normalized spacial score (nSPS) is 26.8. The second-order valence-corrected chi connectivity index (χ2v) is 5.32. The number of rotatable bonds is 3. The summed E-state index contributed by atoms with van der Waals surface area (Å²) in [6.07, 6.45) is 1.95. The van der Waals surface area contributed by atoms with E-state index in [1.807, 2.05) is 30.3 Å². The number of carbonyl (C=O) groups is 2. The first-order chi connectivity index (χ1) is 9.25. The van der Waals surface area contributed by atoms with Crippen LogP contribution in [-0.2, 0) is 4.79 Å². The van der Waals surface area contributed by atoms with Crippen LogP contribution in [0.15, 0.2) is 30.3 Å². The van der Waals surface area contributed by atoms with Gasteiger partial charge in [-0.25, -0.2) is 0 Å². The minimum Gasteiger partial charge on any atom is -0.354 e. The molecule has 0 spiro atoms. The number of nitrogens with zero attached hydrogens (tertiary/aromatic N) is 1. The van der Waals surface area contributed by atoms with Crippen molar-refractivity contribution in [1.29, 1.82) is 0 Å². The van der Waals surface area contributed by atoms with Crippen LogP contribution in [0.3, 0.4) is 0 Å². The predicted octanol–water partition coefficient (Wildman–Crippen LogP) is 1.08. The molecule has 4 heteroatoms. The Morgan fingerprint density at radius 2 is 2.11 bits per heavy atom. The molecule has 2 atom stereocenters. The molecule has 0 bridgehead atoms. The van der Waals surface area contributed by atoms with E-state index in [2.05, 4.69) is 10.2 Å². The molecule has 2 aliphatic heterocycles. The quantitative estimate of drug-likeness (QED) is 0.825. The van der Waals surface area contributed by atoms with Gasteiger partial charge in [-0.1, -0.05) is 30.3 Å². The van der Waals surface area contributed by atoms with E-state index in [9.17, 15) is 9.59 Å². The van der Waals surface area contributed by atoms with E-state index >= 15 is 0 Å². The molecule has 2 aliphatic rings. The first kappa shape index (κ1) is 12.4. The van der Waals surface area contributed by atoms with E-state index in [0.717, 1.165) is 24.9 Å². The number of fused-ring (bicyclic) bond motifs is 1. The topological polar surface area (TPSA) is 49.4 Å². The summed E-state index contributed by atoms with van der Waals surface area (Å²) in [5, 5.41) is 2.91. The van der Waals surface area contributed by atoms with E-state index in [4.69, 9.17) is 0 Å². The summed E-state index contributed by atoms with van der Waals surface area (Å²) >= 11 is 0. The fourth-order valence-corrected chi connectivity index (χ4v) is 3.14. The van der Waals surface area contributed by atoms with Gasteiger partial charge in [0.25, 0.3) is 0 Å². The Hall–Kier alpha value is -1.68. The zero-order valence-electron chi connectivity index (χ0n) is 10.8. The molecule has 1 N–H and O–H groups in total. The first-order valence-corrected chi connectivity index (χ1v) is 6.86. The minimum atomic E-state index is 0.0809. The summed E-state index contributed by atoms with van der Waals surface area (Å²) in [6, 6.07) is 9.57. The first-order valence-electron chi connectivity index (χ1n) is 6.86. The van der Waals surface area contributed by atoms with E-state index in [1.165, 1.54) is 0 Å². The smallest absolute Gasteiger partial charge is 0.224 e. The van der Waals surface area contributed by atoms with Crippen molar-refractivity contribution in [3.63, 3.8) is 0 Å². The lowest BCUT2D eigenvalue weighted by Gasteiger charge is -2.35. The number of amides is 1. The molecule has 2 saturated heterocycles. The molecule has 19 heavy (non-hydrogen) atoms. The third-order valence-corrected chi connectivity index (χ3v) is 4.16. The summed E-state index contributed by atoms with van der Waals surface area (Å²) in [5.41, 5.74) is 0.752. The number of piperidine rings is 1. The highest BCUT2D eigenvalue weighted by Crippen LogP contribution is 2.27. The highest BCUT2D eigenvalue weighted by Gasteiger charge is 2.41. The fraction of sp³-hybridized carbons (Fsp3) is 0.467. The number of carbonyl (C=O) groups excluding carboxylic acids is 2. The highest BCUT2D eigenvalue weighted by molar-refractivity contribution is 5.97. The summed E-state index contributed by atoms with van der Waals surface area (Å²) in [4.78, 5) is 26.1. The molecule has 4 nitrogen and oxygen atoms in total. The van der Waals surface area contributed by atoms with Crippen LogP contribution in [0, 0.1) is 5.92 Å². The van der Waals surface area contributed by atoms with Gasteiger partial charge in [0.1, 0.15) is 0 Å². The molecular weight excluding hydrogens is 240 g/mol. The van der Waals surface area contributed by atoms with Gasteiger partial charge < -0.3 is 5.32 Å². The molecule has 0 saturated carbocycles. The Bertz CT molecular complexity index is 486. The number of Topliss-reactive ketones (excluding diaryl/α,β-unsaturated/α-hetero) is 1. The van der Waals surface area contributed by atoms with Crippen molar-refractivity contribution in [2.45, 2.75) is 18.9 Å². The fourth-order valence-electron chi connectivity index (χ4n) is 3.14. The van der Waals surface area contributed by atoms with E-state index in [0.29, 0.717) is 13.1 Å². The number of ketones is 1. The lowest BCUT2D eigenvalue weighted by molar-refractivity contribution is -0.124.